The third-order valence-electron chi connectivity index (χ3n) is 13.7. The van der Waals surface area contributed by atoms with Gasteiger partial charge in [0.15, 0.2) is 0 Å². The summed E-state index contributed by atoms with van der Waals surface area (Å²) in [6, 6.07) is 83.6. The van der Waals surface area contributed by atoms with Crippen LogP contribution in [-0.4, -0.2) is 10.3 Å². The van der Waals surface area contributed by atoms with Gasteiger partial charge >= 0.3 is 0 Å². The monoisotopic (exact) mass is 869 g/mol. The van der Waals surface area contributed by atoms with Gasteiger partial charge in [-0.25, -0.2) is 0 Å². The Morgan fingerprint density at radius 1 is 0.471 bits per heavy atom. The minimum atomic E-state index is 0.911. The molecule has 0 spiro atoms. The van der Waals surface area contributed by atoms with Crippen LogP contribution in [0, 0.1) is 6.92 Å². The Hall–Kier alpha value is -8.79. The smallest absolute Gasteiger partial charge is 0.0783 e. The molecule has 1 aliphatic rings. The molecule has 0 saturated carbocycles. The number of benzene rings is 10. The Bertz CT molecular complexity index is 3800. The molecule has 0 bridgehead atoms. The first kappa shape index (κ1) is 40.7. The van der Waals surface area contributed by atoms with Crippen molar-refractivity contribution in [1.29, 1.82) is 0 Å². The molecule has 1 heterocycles. The van der Waals surface area contributed by atoms with Crippen molar-refractivity contribution in [2.24, 2.45) is 4.99 Å². The zero-order valence-electron chi connectivity index (χ0n) is 38.1. The summed E-state index contributed by atoms with van der Waals surface area (Å²) in [7, 11) is 0. The predicted molar refractivity (Wildman–Crippen MR) is 290 cm³/mol. The lowest BCUT2D eigenvalue weighted by molar-refractivity contribution is 1.18. The van der Waals surface area contributed by atoms with Gasteiger partial charge in [0.2, 0.25) is 0 Å². The molecule has 3 heteroatoms. The molecule has 1 aliphatic carbocycles. The van der Waals surface area contributed by atoms with E-state index in [4.69, 9.17) is 4.99 Å². The molecule has 0 radical (unpaired) electrons. The Labute approximate surface area is 397 Å². The number of fused-ring (bicyclic) bond motifs is 3. The van der Waals surface area contributed by atoms with Gasteiger partial charge in [0.25, 0.3) is 0 Å². The fourth-order valence-corrected chi connectivity index (χ4v) is 10.5. The number of para-hydroxylation sites is 1. The summed E-state index contributed by atoms with van der Waals surface area (Å²) >= 11 is 0. The van der Waals surface area contributed by atoms with E-state index in [9.17, 15) is 0 Å². The van der Waals surface area contributed by atoms with Gasteiger partial charge in [-0.15, -0.1) is 0 Å². The van der Waals surface area contributed by atoms with Crippen molar-refractivity contribution >= 4 is 66.5 Å². The average molecular weight is 870 g/mol. The molecule has 0 aliphatic heterocycles. The second-order valence-electron chi connectivity index (χ2n) is 17.7. The van der Waals surface area contributed by atoms with E-state index in [1.165, 1.54) is 82.7 Å². The summed E-state index contributed by atoms with van der Waals surface area (Å²) < 4.78 is 2.39. The van der Waals surface area contributed by atoms with E-state index >= 15 is 0 Å². The van der Waals surface area contributed by atoms with Gasteiger partial charge in [-0.3, -0.25) is 4.99 Å². The Balaban J connectivity index is 0.977. The number of aliphatic imine (C=N–C) groups is 1. The van der Waals surface area contributed by atoms with Crippen molar-refractivity contribution in [2.75, 3.05) is 4.90 Å². The van der Waals surface area contributed by atoms with Crippen molar-refractivity contribution < 1.29 is 0 Å². The highest BCUT2D eigenvalue weighted by molar-refractivity contribution is 6.41. The number of hydrogen-bond donors (Lipinski definition) is 0. The van der Waals surface area contributed by atoms with E-state index in [0.717, 1.165) is 45.2 Å². The summed E-state index contributed by atoms with van der Waals surface area (Å²) in [4.78, 5) is 7.42. The van der Waals surface area contributed by atoms with Crippen molar-refractivity contribution in [3.63, 3.8) is 0 Å². The van der Waals surface area contributed by atoms with E-state index in [1.54, 1.807) is 6.20 Å². The number of hydrogen-bond acceptors (Lipinski definition) is 2. The van der Waals surface area contributed by atoms with Crippen LogP contribution in [0.25, 0.3) is 82.8 Å². The largest absolute Gasteiger partial charge is 0.310 e. The molecule has 1 aromatic heterocycles. The van der Waals surface area contributed by atoms with Crippen LogP contribution in [0.5, 0.6) is 0 Å². The Morgan fingerprint density at radius 3 is 1.63 bits per heavy atom. The third-order valence-corrected chi connectivity index (χ3v) is 13.7. The standard InChI is InChI=1S/C65H47N3/c1-4-66-65(63-44(3)56-27-15-21-48-22-16-28-57(63)64(48)56)52-23-14-26-55(40-52)67(60-36-31-49(39-43(60)2)45-17-8-5-9-18-45)54-34-29-47(30-35-54)51-33-38-62-59(42-51)58-41-50(46-19-10-6-11-20-46)32-37-61(58)68(62)53-24-12-7-13-25-53/h4-42H,1H2,2-3H3. The lowest BCUT2D eigenvalue weighted by Crippen LogP contribution is -2.13. The summed E-state index contributed by atoms with van der Waals surface area (Å²) in [6.45, 7) is 8.53. The maximum atomic E-state index is 5.03. The van der Waals surface area contributed by atoms with Crippen molar-refractivity contribution in [3.8, 4) is 39.1 Å². The molecule has 0 unspecified atom stereocenters. The summed E-state index contributed by atoms with van der Waals surface area (Å²) in [5.41, 5.74) is 21.8. The van der Waals surface area contributed by atoms with Gasteiger partial charge in [0, 0.05) is 50.9 Å². The number of allylic oxidation sites excluding steroid dienone is 2. The van der Waals surface area contributed by atoms with E-state index in [0.29, 0.717) is 0 Å². The van der Waals surface area contributed by atoms with Gasteiger partial charge in [0.05, 0.1) is 16.7 Å². The normalized spacial score (nSPS) is 12.4. The summed E-state index contributed by atoms with van der Waals surface area (Å²) in [5, 5.41) is 4.97. The summed E-state index contributed by atoms with van der Waals surface area (Å²) in [6.07, 6.45) is 1.67. The number of rotatable bonds is 10. The van der Waals surface area contributed by atoms with Gasteiger partial charge in [-0.1, -0.05) is 164 Å². The number of aryl methyl sites for hydroxylation is 1. The van der Waals surface area contributed by atoms with Gasteiger partial charge in [0.1, 0.15) is 0 Å². The number of aromatic nitrogens is 1. The highest BCUT2D eigenvalue weighted by Gasteiger charge is 2.26. The zero-order valence-corrected chi connectivity index (χ0v) is 38.1. The highest BCUT2D eigenvalue weighted by Crippen LogP contribution is 2.45. The van der Waals surface area contributed by atoms with Crippen LogP contribution in [0.15, 0.2) is 248 Å². The van der Waals surface area contributed by atoms with Crippen LogP contribution < -0.4 is 4.90 Å². The van der Waals surface area contributed by atoms with Crippen LogP contribution in [0.3, 0.4) is 0 Å². The van der Waals surface area contributed by atoms with E-state index in [-0.39, 0.29) is 0 Å². The van der Waals surface area contributed by atoms with E-state index < -0.39 is 0 Å². The van der Waals surface area contributed by atoms with Crippen LogP contribution in [0.4, 0.5) is 17.1 Å². The maximum absolute atomic E-state index is 5.03. The van der Waals surface area contributed by atoms with Crippen molar-refractivity contribution in [2.45, 2.75) is 13.8 Å². The molecular weight excluding hydrogens is 823 g/mol. The minimum absolute atomic E-state index is 0.911. The third kappa shape index (κ3) is 6.96. The number of anilines is 3. The quantitative estimate of drug-likeness (QED) is 0.125. The molecule has 0 fully saturated rings. The molecule has 0 atom stereocenters. The molecule has 0 saturated heterocycles. The fraction of sp³-hybridized carbons (Fsp3) is 0.0308. The molecule has 322 valence electrons. The highest BCUT2D eigenvalue weighted by atomic mass is 15.1. The minimum Gasteiger partial charge on any atom is -0.310 e. The summed E-state index contributed by atoms with van der Waals surface area (Å²) in [5.74, 6) is 0. The van der Waals surface area contributed by atoms with E-state index in [1.807, 2.05) is 0 Å². The molecule has 0 amide bonds. The molecule has 12 rings (SSSR count). The first-order valence-corrected chi connectivity index (χ1v) is 23.3. The van der Waals surface area contributed by atoms with Gasteiger partial charge < -0.3 is 9.47 Å². The van der Waals surface area contributed by atoms with Crippen molar-refractivity contribution in [3.05, 3.63) is 266 Å². The fourth-order valence-electron chi connectivity index (χ4n) is 10.5. The first-order chi connectivity index (χ1) is 33.5. The van der Waals surface area contributed by atoms with Crippen LogP contribution in [0.1, 0.15) is 29.2 Å². The molecule has 0 N–H and O–H groups in total. The molecule has 68 heavy (non-hydrogen) atoms. The molecule has 10 aromatic carbocycles. The second kappa shape index (κ2) is 16.9. The van der Waals surface area contributed by atoms with Gasteiger partial charge in [-0.05, 0) is 153 Å². The van der Waals surface area contributed by atoms with Crippen LogP contribution in [-0.2, 0) is 0 Å². The lowest BCUT2D eigenvalue weighted by Gasteiger charge is -2.28. The first-order valence-electron chi connectivity index (χ1n) is 23.3. The maximum Gasteiger partial charge on any atom is 0.0783 e. The topological polar surface area (TPSA) is 20.5 Å². The lowest BCUT2D eigenvalue weighted by atomic mass is 9.94. The SMILES string of the molecule is C=CN=C(C1=C(C)c2cccc3cccc1c23)c1cccc(N(c2ccc(-c3ccc4c(c3)c3cc(-c5ccccc5)ccc3n4-c3ccccc3)cc2)c2ccc(-c3ccccc3)cc2C)c1. The molecule has 11 aromatic rings. The Kier molecular flexibility index (Phi) is 10.1. The van der Waals surface area contributed by atoms with Gasteiger partial charge in [-0.2, -0.15) is 0 Å². The second-order valence-corrected chi connectivity index (χ2v) is 17.7. The van der Waals surface area contributed by atoms with Crippen LogP contribution >= 0.6 is 0 Å². The van der Waals surface area contributed by atoms with Crippen LogP contribution in [0.2, 0.25) is 0 Å². The Morgan fingerprint density at radius 2 is 1.01 bits per heavy atom. The zero-order chi connectivity index (χ0) is 45.7. The van der Waals surface area contributed by atoms with Crippen molar-refractivity contribution in [1.82, 2.24) is 4.57 Å². The van der Waals surface area contributed by atoms with E-state index in [2.05, 4.69) is 260 Å². The molecule has 3 nitrogen and oxygen atoms in total. The average Bonchev–Trinajstić information content (AvgIpc) is 3.88. The number of nitrogens with zero attached hydrogens (tertiary/aromatic N) is 3. The predicted octanol–water partition coefficient (Wildman–Crippen LogP) is 17.6. The molecular formula is C65H47N3.